The quantitative estimate of drug-likeness (QED) is 0.853. The first-order valence-electron chi connectivity index (χ1n) is 8.47. The van der Waals surface area contributed by atoms with E-state index in [9.17, 15) is 9.90 Å². The van der Waals surface area contributed by atoms with Crippen LogP contribution in [-0.2, 0) is 11.2 Å². The molecule has 2 heterocycles. The molecule has 1 saturated heterocycles. The zero-order valence-electron chi connectivity index (χ0n) is 13.6. The van der Waals surface area contributed by atoms with E-state index in [4.69, 9.17) is 4.74 Å². The maximum absolute atomic E-state index is 12.5. The summed E-state index contributed by atoms with van der Waals surface area (Å²) in [5.74, 6) is 0.317. The Kier molecular flexibility index (Phi) is 3.81. The van der Waals surface area contributed by atoms with Crippen LogP contribution in [0.1, 0.15) is 23.5 Å². The second kappa shape index (κ2) is 5.98. The van der Waals surface area contributed by atoms with E-state index in [0.29, 0.717) is 6.54 Å². The summed E-state index contributed by atoms with van der Waals surface area (Å²) < 4.78 is 5.29. The lowest BCUT2D eigenvalue weighted by Gasteiger charge is -2.46. The van der Waals surface area contributed by atoms with Gasteiger partial charge in [-0.1, -0.05) is 24.8 Å². The van der Waals surface area contributed by atoms with Crippen LogP contribution in [0.5, 0.6) is 0 Å². The van der Waals surface area contributed by atoms with Crippen molar-refractivity contribution in [1.82, 2.24) is 9.88 Å². The van der Waals surface area contributed by atoms with Gasteiger partial charge in [-0.3, -0.25) is 0 Å². The number of nitrogens with one attached hydrogen (secondary N) is 1. The summed E-state index contributed by atoms with van der Waals surface area (Å²) >= 11 is 0. The van der Waals surface area contributed by atoms with Crippen molar-refractivity contribution < 1.29 is 14.6 Å². The molecule has 0 spiro atoms. The molecule has 0 bridgehead atoms. The molecular weight excluding hydrogens is 304 g/mol. The number of carbonyl (C=O) groups is 1. The molecule has 1 unspecified atom stereocenters. The van der Waals surface area contributed by atoms with Gasteiger partial charge < -0.3 is 19.7 Å². The fourth-order valence-electron chi connectivity index (χ4n) is 4.34. The number of aliphatic hydroxyl groups excluding tert-OH is 1. The summed E-state index contributed by atoms with van der Waals surface area (Å²) in [7, 11) is 0. The zero-order chi connectivity index (χ0) is 16.7. The minimum absolute atomic E-state index is 0.0817. The highest BCUT2D eigenvalue weighted by molar-refractivity contribution is 5.88. The molecule has 0 saturated carbocycles. The number of benzene rings is 1. The van der Waals surface area contributed by atoms with Crippen LogP contribution in [-0.4, -0.2) is 46.9 Å². The van der Waals surface area contributed by atoms with Gasteiger partial charge in [0, 0.05) is 48.1 Å². The summed E-state index contributed by atoms with van der Waals surface area (Å²) in [6.07, 6.45) is 5.04. The SMILES string of the molecule is C=CCOC(=O)N1C[C@H](CO)CC2c3cccc4[nH]cc(c34)C[C@H]21. The number of fused-ring (bicyclic) bond motifs is 2. The molecule has 126 valence electrons. The molecule has 1 amide bonds. The van der Waals surface area contributed by atoms with Gasteiger partial charge in [0.25, 0.3) is 0 Å². The highest BCUT2D eigenvalue weighted by Crippen LogP contribution is 2.44. The Morgan fingerprint density at radius 2 is 2.38 bits per heavy atom. The average Bonchev–Trinajstić information content (AvgIpc) is 3.03. The molecule has 3 atom stereocenters. The molecule has 1 aliphatic heterocycles. The van der Waals surface area contributed by atoms with Crippen LogP contribution in [0.2, 0.25) is 0 Å². The van der Waals surface area contributed by atoms with Crippen LogP contribution in [0.3, 0.4) is 0 Å². The third kappa shape index (κ3) is 2.31. The van der Waals surface area contributed by atoms with Crippen molar-refractivity contribution in [1.29, 1.82) is 0 Å². The van der Waals surface area contributed by atoms with Crippen molar-refractivity contribution in [2.75, 3.05) is 19.8 Å². The van der Waals surface area contributed by atoms with Crippen LogP contribution in [0.25, 0.3) is 10.9 Å². The Labute approximate surface area is 140 Å². The summed E-state index contributed by atoms with van der Waals surface area (Å²) in [6.45, 7) is 4.44. The number of aliphatic hydroxyl groups is 1. The molecule has 1 aromatic carbocycles. The number of carbonyl (C=O) groups excluding carboxylic acids is 1. The van der Waals surface area contributed by atoms with Crippen molar-refractivity contribution in [2.24, 2.45) is 5.92 Å². The molecule has 5 nitrogen and oxygen atoms in total. The number of hydrogen-bond donors (Lipinski definition) is 2. The first-order chi connectivity index (χ1) is 11.7. The lowest BCUT2D eigenvalue weighted by Crippen LogP contribution is -2.53. The normalized spacial score (nSPS) is 25.4. The minimum atomic E-state index is -0.311. The van der Waals surface area contributed by atoms with Gasteiger partial charge >= 0.3 is 6.09 Å². The van der Waals surface area contributed by atoms with E-state index in [0.717, 1.165) is 18.4 Å². The monoisotopic (exact) mass is 326 g/mol. The molecule has 24 heavy (non-hydrogen) atoms. The molecule has 4 rings (SSSR count). The molecule has 2 aromatic rings. The number of aromatic nitrogens is 1. The lowest BCUT2D eigenvalue weighted by molar-refractivity contribution is 0.0408. The number of likely N-dealkylation sites (tertiary alicyclic amines) is 1. The Hall–Kier alpha value is -2.27. The zero-order valence-corrected chi connectivity index (χ0v) is 13.6. The fraction of sp³-hybridized carbons (Fsp3) is 0.421. The molecule has 2 aliphatic rings. The molecule has 1 fully saturated rings. The lowest BCUT2D eigenvalue weighted by atomic mass is 9.72. The Morgan fingerprint density at radius 1 is 1.50 bits per heavy atom. The third-order valence-corrected chi connectivity index (χ3v) is 5.37. The van der Waals surface area contributed by atoms with E-state index in [1.54, 1.807) is 6.08 Å². The van der Waals surface area contributed by atoms with Gasteiger partial charge in [0.15, 0.2) is 0 Å². The predicted molar refractivity (Wildman–Crippen MR) is 92.0 cm³/mol. The number of H-pyrrole nitrogens is 1. The van der Waals surface area contributed by atoms with E-state index >= 15 is 0 Å². The van der Waals surface area contributed by atoms with Crippen molar-refractivity contribution in [3.05, 3.63) is 48.2 Å². The number of piperidine rings is 1. The first kappa shape index (κ1) is 15.3. The number of ether oxygens (including phenoxy) is 1. The van der Waals surface area contributed by atoms with Gasteiger partial charge in [0.1, 0.15) is 6.61 Å². The van der Waals surface area contributed by atoms with E-state index in [1.807, 2.05) is 4.90 Å². The fourth-order valence-corrected chi connectivity index (χ4v) is 4.34. The third-order valence-electron chi connectivity index (χ3n) is 5.37. The van der Waals surface area contributed by atoms with E-state index in [1.165, 1.54) is 16.5 Å². The summed E-state index contributed by atoms with van der Waals surface area (Å²) in [6, 6.07) is 6.39. The molecular formula is C19H22N2O3. The van der Waals surface area contributed by atoms with E-state index < -0.39 is 0 Å². The maximum Gasteiger partial charge on any atom is 0.410 e. The summed E-state index contributed by atoms with van der Waals surface area (Å²) in [5, 5.41) is 11.0. The van der Waals surface area contributed by atoms with Crippen LogP contribution in [0.15, 0.2) is 37.1 Å². The van der Waals surface area contributed by atoms with Gasteiger partial charge in [0.05, 0.1) is 0 Å². The molecule has 0 radical (unpaired) electrons. The Balaban J connectivity index is 1.73. The van der Waals surface area contributed by atoms with Gasteiger partial charge in [-0.2, -0.15) is 0 Å². The van der Waals surface area contributed by atoms with Crippen molar-refractivity contribution in [3.8, 4) is 0 Å². The van der Waals surface area contributed by atoms with Crippen LogP contribution >= 0.6 is 0 Å². The smallest absolute Gasteiger partial charge is 0.410 e. The number of rotatable bonds is 3. The second-order valence-electron chi connectivity index (χ2n) is 6.76. The van der Waals surface area contributed by atoms with Gasteiger partial charge in [-0.15, -0.1) is 0 Å². The Bertz CT molecular complexity index is 782. The second-order valence-corrected chi connectivity index (χ2v) is 6.76. The average molecular weight is 326 g/mol. The first-order valence-corrected chi connectivity index (χ1v) is 8.47. The largest absolute Gasteiger partial charge is 0.445 e. The molecule has 5 heteroatoms. The highest BCUT2D eigenvalue weighted by atomic mass is 16.6. The molecule has 1 aliphatic carbocycles. The minimum Gasteiger partial charge on any atom is -0.445 e. The number of hydrogen-bond acceptors (Lipinski definition) is 3. The van der Waals surface area contributed by atoms with Crippen LogP contribution in [0.4, 0.5) is 4.79 Å². The van der Waals surface area contributed by atoms with Gasteiger partial charge in [-0.05, 0) is 30.0 Å². The molecule has 2 N–H and O–H groups in total. The van der Waals surface area contributed by atoms with E-state index in [-0.39, 0.29) is 37.2 Å². The summed E-state index contributed by atoms with van der Waals surface area (Å²) in [5.41, 5.74) is 3.68. The van der Waals surface area contributed by atoms with Crippen molar-refractivity contribution >= 4 is 17.0 Å². The number of amides is 1. The number of aromatic amines is 1. The Morgan fingerprint density at radius 3 is 3.17 bits per heavy atom. The van der Waals surface area contributed by atoms with Crippen LogP contribution in [0, 0.1) is 5.92 Å². The van der Waals surface area contributed by atoms with Crippen molar-refractivity contribution in [3.63, 3.8) is 0 Å². The van der Waals surface area contributed by atoms with Gasteiger partial charge in [-0.25, -0.2) is 4.79 Å². The topological polar surface area (TPSA) is 65.6 Å². The molecule has 1 aromatic heterocycles. The predicted octanol–water partition coefficient (Wildman–Crippen LogP) is 2.81. The highest BCUT2D eigenvalue weighted by Gasteiger charge is 2.43. The van der Waals surface area contributed by atoms with Crippen molar-refractivity contribution in [2.45, 2.75) is 24.8 Å². The number of nitrogens with zero attached hydrogens (tertiary/aromatic N) is 1. The summed E-state index contributed by atoms with van der Waals surface area (Å²) in [4.78, 5) is 17.7. The maximum atomic E-state index is 12.5. The van der Waals surface area contributed by atoms with Crippen LogP contribution < -0.4 is 0 Å². The van der Waals surface area contributed by atoms with E-state index in [2.05, 4.69) is 36.0 Å². The van der Waals surface area contributed by atoms with Gasteiger partial charge in [0.2, 0.25) is 0 Å². The standard InChI is InChI=1S/C19H22N2O3/c1-2-6-24-19(23)21-10-12(11-22)7-15-14-4-3-5-16-18(14)13(9-20-16)8-17(15)21/h2-5,9,12,15,17,20,22H,1,6-8,10-11H2/t12-,15?,17-/m1/s1.